The summed E-state index contributed by atoms with van der Waals surface area (Å²) in [5.74, 6) is -0.244. The lowest BCUT2D eigenvalue weighted by molar-refractivity contribution is -0.123. The van der Waals surface area contributed by atoms with Gasteiger partial charge in [-0.05, 0) is 29.8 Å². The van der Waals surface area contributed by atoms with Crippen LogP contribution in [0.15, 0.2) is 54.6 Å². The van der Waals surface area contributed by atoms with E-state index in [9.17, 15) is 9.18 Å². The number of halogens is 1. The molecule has 2 aromatic carbocycles. The van der Waals surface area contributed by atoms with Gasteiger partial charge in [0.2, 0.25) is 0 Å². The van der Waals surface area contributed by atoms with Crippen LogP contribution >= 0.6 is 0 Å². The molecule has 1 N–H and O–H groups in total. The largest absolute Gasteiger partial charge is 0.484 e. The predicted octanol–water partition coefficient (Wildman–Crippen LogP) is 2.59. The Bertz CT molecular complexity index is 636. The van der Waals surface area contributed by atoms with Crippen LogP contribution in [0.4, 0.5) is 4.39 Å². The quantitative estimate of drug-likeness (QED) is 0.918. The fourth-order valence-electron chi connectivity index (χ4n) is 1.71. The monoisotopic (exact) mass is 284 g/mol. The number of amides is 1. The van der Waals surface area contributed by atoms with Gasteiger partial charge in [0.25, 0.3) is 5.91 Å². The van der Waals surface area contributed by atoms with Crippen LogP contribution in [0.2, 0.25) is 0 Å². The number of ether oxygens (including phenoxy) is 1. The first-order valence-electron chi connectivity index (χ1n) is 6.31. The molecule has 2 rings (SSSR count). The van der Waals surface area contributed by atoms with Crippen LogP contribution in [0, 0.1) is 17.1 Å². The van der Waals surface area contributed by atoms with E-state index in [4.69, 9.17) is 10.00 Å². The van der Waals surface area contributed by atoms with Gasteiger partial charge in [0, 0.05) is 0 Å². The second kappa shape index (κ2) is 7.06. The molecule has 0 bridgehead atoms. The van der Waals surface area contributed by atoms with Crippen molar-refractivity contribution in [2.45, 2.75) is 6.04 Å². The third-order valence-corrected chi connectivity index (χ3v) is 2.75. The van der Waals surface area contributed by atoms with Crippen LogP contribution in [0.3, 0.4) is 0 Å². The van der Waals surface area contributed by atoms with E-state index >= 15 is 0 Å². The highest BCUT2D eigenvalue weighted by Crippen LogP contribution is 2.13. The number of hydrogen-bond donors (Lipinski definition) is 1. The topological polar surface area (TPSA) is 62.1 Å². The molecule has 0 saturated carbocycles. The number of carbonyl (C=O) groups is 1. The van der Waals surface area contributed by atoms with Crippen molar-refractivity contribution in [1.82, 2.24) is 5.32 Å². The number of benzene rings is 2. The van der Waals surface area contributed by atoms with Crippen molar-refractivity contribution < 1.29 is 13.9 Å². The van der Waals surface area contributed by atoms with Crippen molar-refractivity contribution in [3.05, 3.63) is 66.0 Å². The molecule has 0 spiro atoms. The highest BCUT2D eigenvalue weighted by Gasteiger charge is 2.14. The van der Waals surface area contributed by atoms with Crippen molar-refractivity contribution in [2.75, 3.05) is 6.61 Å². The Labute approximate surface area is 121 Å². The molecule has 0 aliphatic rings. The summed E-state index contributed by atoms with van der Waals surface area (Å²) in [6.45, 7) is -0.191. The van der Waals surface area contributed by atoms with Gasteiger partial charge in [-0.15, -0.1) is 0 Å². The van der Waals surface area contributed by atoms with Crippen molar-refractivity contribution >= 4 is 5.91 Å². The minimum absolute atomic E-state index is 0.191. The Hall–Kier alpha value is -2.87. The summed E-state index contributed by atoms with van der Waals surface area (Å²) in [4.78, 5) is 11.8. The Balaban J connectivity index is 1.91. The van der Waals surface area contributed by atoms with Crippen LogP contribution in [0.1, 0.15) is 11.6 Å². The highest BCUT2D eigenvalue weighted by molar-refractivity contribution is 5.78. The summed E-state index contributed by atoms with van der Waals surface area (Å²) in [7, 11) is 0. The maximum Gasteiger partial charge on any atom is 0.259 e. The lowest BCUT2D eigenvalue weighted by atomic mass is 10.1. The van der Waals surface area contributed by atoms with E-state index in [0.717, 1.165) is 0 Å². The summed E-state index contributed by atoms with van der Waals surface area (Å²) >= 11 is 0. The van der Waals surface area contributed by atoms with Crippen LogP contribution in [-0.2, 0) is 4.79 Å². The molecule has 1 atom stereocenters. The van der Waals surface area contributed by atoms with Gasteiger partial charge in [0.15, 0.2) is 6.61 Å². The summed E-state index contributed by atoms with van der Waals surface area (Å²) in [6, 6.07) is 15.4. The highest BCUT2D eigenvalue weighted by atomic mass is 19.1. The smallest absolute Gasteiger partial charge is 0.259 e. The van der Waals surface area contributed by atoms with Gasteiger partial charge < -0.3 is 10.1 Å². The predicted molar refractivity (Wildman–Crippen MR) is 74.8 cm³/mol. The van der Waals surface area contributed by atoms with Crippen LogP contribution in [0.5, 0.6) is 5.75 Å². The third kappa shape index (κ3) is 4.32. The van der Waals surface area contributed by atoms with Crippen LogP contribution in [-0.4, -0.2) is 12.5 Å². The number of rotatable bonds is 5. The number of nitrogens with one attached hydrogen (secondary N) is 1. The minimum atomic E-state index is -0.836. The molecule has 0 aliphatic heterocycles. The molecular formula is C16H13FN2O2. The zero-order valence-corrected chi connectivity index (χ0v) is 11.1. The average Bonchev–Trinajstić information content (AvgIpc) is 2.52. The van der Waals surface area contributed by atoms with E-state index in [1.165, 1.54) is 24.3 Å². The summed E-state index contributed by atoms with van der Waals surface area (Å²) in [6.07, 6.45) is 0. The fraction of sp³-hybridized carbons (Fsp3) is 0.125. The summed E-state index contributed by atoms with van der Waals surface area (Å²) in [5, 5.41) is 11.6. The Morgan fingerprint density at radius 2 is 1.86 bits per heavy atom. The van der Waals surface area contributed by atoms with Crippen molar-refractivity contribution in [3.63, 3.8) is 0 Å². The SMILES string of the molecule is N#C[C@@H](NC(=O)COc1ccccc1)c1ccc(F)cc1. The first-order chi connectivity index (χ1) is 10.2. The number of hydrogen-bond acceptors (Lipinski definition) is 3. The zero-order chi connectivity index (χ0) is 15.1. The van der Waals surface area contributed by atoms with Crippen LogP contribution in [0.25, 0.3) is 0 Å². The number of para-hydroxylation sites is 1. The van der Waals surface area contributed by atoms with E-state index in [1.807, 2.05) is 12.1 Å². The molecule has 0 saturated heterocycles. The molecule has 0 aromatic heterocycles. The average molecular weight is 284 g/mol. The van der Waals surface area contributed by atoms with Gasteiger partial charge >= 0.3 is 0 Å². The van der Waals surface area contributed by atoms with Gasteiger partial charge in [-0.2, -0.15) is 5.26 Å². The molecule has 2 aromatic rings. The Morgan fingerprint density at radius 3 is 2.48 bits per heavy atom. The molecule has 0 heterocycles. The Kier molecular flexibility index (Phi) is 4.89. The second-order valence-corrected chi connectivity index (χ2v) is 4.28. The standard InChI is InChI=1S/C16H13FN2O2/c17-13-8-6-12(7-9-13)15(10-18)19-16(20)11-21-14-4-2-1-3-5-14/h1-9,15H,11H2,(H,19,20)/t15-/m1/s1. The summed E-state index contributed by atoms with van der Waals surface area (Å²) in [5.41, 5.74) is 0.520. The minimum Gasteiger partial charge on any atom is -0.484 e. The number of nitrogens with zero attached hydrogens (tertiary/aromatic N) is 1. The summed E-state index contributed by atoms with van der Waals surface area (Å²) < 4.78 is 18.1. The van der Waals surface area contributed by atoms with Gasteiger partial charge in [0.1, 0.15) is 17.6 Å². The molecule has 0 unspecified atom stereocenters. The fourth-order valence-corrected chi connectivity index (χ4v) is 1.71. The molecule has 4 nitrogen and oxygen atoms in total. The molecule has 0 aliphatic carbocycles. The van der Waals surface area contributed by atoms with E-state index in [2.05, 4.69) is 5.32 Å². The molecular weight excluding hydrogens is 271 g/mol. The van der Waals surface area contributed by atoms with Crippen molar-refractivity contribution in [3.8, 4) is 11.8 Å². The number of carbonyl (C=O) groups excluding carboxylic acids is 1. The van der Waals surface area contributed by atoms with Crippen molar-refractivity contribution in [1.29, 1.82) is 5.26 Å². The van der Waals surface area contributed by atoms with Crippen LogP contribution < -0.4 is 10.1 Å². The lowest BCUT2D eigenvalue weighted by Gasteiger charge is -2.12. The van der Waals surface area contributed by atoms with E-state index in [1.54, 1.807) is 24.3 Å². The normalized spacial score (nSPS) is 11.2. The number of nitriles is 1. The molecule has 106 valence electrons. The van der Waals surface area contributed by atoms with E-state index in [-0.39, 0.29) is 6.61 Å². The Morgan fingerprint density at radius 1 is 1.19 bits per heavy atom. The maximum atomic E-state index is 12.8. The molecule has 0 fully saturated rings. The van der Waals surface area contributed by atoms with Gasteiger partial charge in [-0.1, -0.05) is 30.3 Å². The maximum absolute atomic E-state index is 12.8. The zero-order valence-electron chi connectivity index (χ0n) is 11.1. The third-order valence-electron chi connectivity index (χ3n) is 2.75. The van der Waals surface area contributed by atoms with E-state index < -0.39 is 17.8 Å². The lowest BCUT2D eigenvalue weighted by Crippen LogP contribution is -2.32. The molecule has 5 heteroatoms. The van der Waals surface area contributed by atoms with Gasteiger partial charge in [-0.3, -0.25) is 4.79 Å². The molecule has 1 amide bonds. The van der Waals surface area contributed by atoms with Crippen molar-refractivity contribution in [2.24, 2.45) is 0 Å². The molecule has 21 heavy (non-hydrogen) atoms. The second-order valence-electron chi connectivity index (χ2n) is 4.28. The first-order valence-corrected chi connectivity index (χ1v) is 6.31. The van der Waals surface area contributed by atoms with Gasteiger partial charge in [-0.25, -0.2) is 4.39 Å². The van der Waals surface area contributed by atoms with E-state index in [0.29, 0.717) is 11.3 Å². The first kappa shape index (κ1) is 14.5. The van der Waals surface area contributed by atoms with Gasteiger partial charge in [0.05, 0.1) is 6.07 Å². The molecule has 0 radical (unpaired) electrons.